The number of ether oxygens (including phenoxy) is 5. The summed E-state index contributed by atoms with van der Waals surface area (Å²) in [7, 11) is 5.26. The maximum absolute atomic E-state index is 14.3. The smallest absolute Gasteiger partial charge is 0.312 e. The molecule has 1 aromatic carbocycles. The molecule has 2 fully saturated rings. The van der Waals surface area contributed by atoms with Gasteiger partial charge in [0.2, 0.25) is 0 Å². The van der Waals surface area contributed by atoms with Crippen LogP contribution in [0.25, 0.3) is 0 Å². The van der Waals surface area contributed by atoms with Crippen LogP contribution < -0.4 is 0 Å². The zero-order chi connectivity index (χ0) is 44.0. The van der Waals surface area contributed by atoms with E-state index >= 15 is 0 Å². The highest BCUT2D eigenvalue weighted by atomic mass is 19.1. The first-order valence-corrected chi connectivity index (χ1v) is 20.7. The van der Waals surface area contributed by atoms with E-state index in [0.717, 1.165) is 5.69 Å². The standard InChI is InChI=1S/C44H67FN4O10/c1-13-34-44(9,54)39(52)26(4)36(48-47-29(7)32-15-14-20-46-32)24(2)23-43(8,55-12)40(59-42-37(51)33(49(10)11)21-25(3)56-42)27(5)38(28(6)41(53)57-34)58-35(50)22-30-16-18-31(45)19-17-30/h14-20,24-28,33-34,37-40,42,46,51-52,54H,13,21-23H2,1-12H3. The quantitative estimate of drug-likeness (QED) is 0.142. The number of likely N-dealkylation sites (N-methyl/N-ethyl adjacent to an activating group) is 1. The Labute approximate surface area is 348 Å². The Morgan fingerprint density at radius 3 is 2.31 bits per heavy atom. The molecule has 1 aromatic heterocycles. The number of methoxy groups -OCH3 is 1. The van der Waals surface area contributed by atoms with Crippen molar-refractivity contribution >= 4 is 23.4 Å². The van der Waals surface area contributed by atoms with Gasteiger partial charge in [-0.2, -0.15) is 10.2 Å². The van der Waals surface area contributed by atoms with E-state index in [2.05, 4.69) is 10.1 Å². The lowest BCUT2D eigenvalue weighted by Gasteiger charge is -2.48. The molecule has 0 saturated carbocycles. The Balaban J connectivity index is 1.91. The SMILES string of the molecule is CCC1OC(=O)C(C)C(OC(=O)Cc2ccc(F)cc2)C(C)C(OC2OC(C)CC(N(C)C)C2O)C(C)(OC)CC(C)C(=NN=C(C)c2ccc[nH]2)C(C)C(O)C1(C)O. The van der Waals surface area contributed by atoms with E-state index in [1.165, 1.54) is 38.3 Å². The fraction of sp³-hybridized carbons (Fsp3) is 0.682. The van der Waals surface area contributed by atoms with Crippen molar-refractivity contribution in [3.05, 3.63) is 59.7 Å². The van der Waals surface area contributed by atoms with Gasteiger partial charge in [0.25, 0.3) is 0 Å². The summed E-state index contributed by atoms with van der Waals surface area (Å²) in [5.41, 5.74) is -0.976. The fourth-order valence-electron chi connectivity index (χ4n) is 8.69. The molecule has 2 aliphatic heterocycles. The zero-order valence-electron chi connectivity index (χ0n) is 36.7. The van der Waals surface area contributed by atoms with Crippen LogP contribution in [0.15, 0.2) is 52.8 Å². The molecule has 330 valence electrons. The number of nitrogens with zero attached hydrogens (tertiary/aromatic N) is 3. The molecular formula is C44H67FN4O10. The number of aromatic nitrogens is 1. The third-order valence-corrected chi connectivity index (χ3v) is 12.4. The first-order chi connectivity index (χ1) is 27.6. The summed E-state index contributed by atoms with van der Waals surface area (Å²) in [6.45, 7) is 15.7. The summed E-state index contributed by atoms with van der Waals surface area (Å²) >= 11 is 0. The van der Waals surface area contributed by atoms with Gasteiger partial charge in [0.05, 0.1) is 47.7 Å². The summed E-state index contributed by atoms with van der Waals surface area (Å²) < 4.78 is 45.5. The van der Waals surface area contributed by atoms with Crippen LogP contribution in [0.3, 0.4) is 0 Å². The number of rotatable bonds is 10. The Morgan fingerprint density at radius 1 is 1.07 bits per heavy atom. The highest BCUT2D eigenvalue weighted by Gasteiger charge is 2.52. The Kier molecular flexibility index (Phi) is 16.6. The van der Waals surface area contributed by atoms with Crippen molar-refractivity contribution < 1.29 is 53.0 Å². The van der Waals surface area contributed by atoms with E-state index in [1.54, 1.807) is 40.8 Å². The summed E-state index contributed by atoms with van der Waals surface area (Å²) in [4.78, 5) is 33.1. The van der Waals surface area contributed by atoms with E-state index in [9.17, 15) is 29.3 Å². The van der Waals surface area contributed by atoms with Gasteiger partial charge in [0.1, 0.15) is 29.7 Å². The molecule has 0 amide bonds. The molecule has 2 saturated heterocycles. The number of hydrogen-bond donors (Lipinski definition) is 4. The number of H-pyrrole nitrogens is 1. The minimum absolute atomic E-state index is 0.140. The van der Waals surface area contributed by atoms with E-state index in [1.807, 2.05) is 51.9 Å². The van der Waals surface area contributed by atoms with Crippen LogP contribution in [0.4, 0.5) is 4.39 Å². The summed E-state index contributed by atoms with van der Waals surface area (Å²) in [5.74, 6) is -5.21. The van der Waals surface area contributed by atoms with Crippen molar-refractivity contribution in [1.29, 1.82) is 0 Å². The Morgan fingerprint density at radius 2 is 1.73 bits per heavy atom. The highest BCUT2D eigenvalue weighted by Crippen LogP contribution is 2.40. The number of benzene rings is 1. The normalized spacial score (nSPS) is 37.5. The maximum Gasteiger partial charge on any atom is 0.312 e. The van der Waals surface area contributed by atoms with Crippen LogP contribution in [0, 0.1) is 29.5 Å². The van der Waals surface area contributed by atoms with Gasteiger partial charge in [-0.15, -0.1) is 0 Å². The number of aromatic amines is 1. The van der Waals surface area contributed by atoms with Gasteiger partial charge in [-0.25, -0.2) is 4.39 Å². The lowest BCUT2D eigenvalue weighted by molar-refractivity contribution is -0.301. The van der Waals surface area contributed by atoms with Crippen LogP contribution >= 0.6 is 0 Å². The van der Waals surface area contributed by atoms with Gasteiger partial charge in [-0.1, -0.05) is 39.8 Å². The molecule has 59 heavy (non-hydrogen) atoms. The van der Waals surface area contributed by atoms with Gasteiger partial charge < -0.3 is 48.9 Å². The molecule has 0 spiro atoms. The zero-order valence-corrected chi connectivity index (χ0v) is 36.7. The van der Waals surface area contributed by atoms with E-state index in [-0.39, 0.29) is 31.4 Å². The summed E-state index contributed by atoms with van der Waals surface area (Å²) in [6, 6.07) is 8.84. The minimum Gasteiger partial charge on any atom is -0.461 e. The van der Waals surface area contributed by atoms with Gasteiger partial charge in [-0.05, 0) is 104 Å². The van der Waals surface area contributed by atoms with E-state index in [0.29, 0.717) is 23.4 Å². The number of aliphatic hydroxyl groups excluding tert-OH is 2. The second-order valence-corrected chi connectivity index (χ2v) is 17.2. The number of carbonyl (C=O) groups is 2. The maximum atomic E-state index is 14.3. The van der Waals surface area contributed by atoms with E-state index < -0.39 is 89.4 Å². The molecule has 4 N–H and O–H groups in total. The highest BCUT2D eigenvalue weighted by molar-refractivity contribution is 5.98. The number of cyclic esters (lactones) is 1. The number of carbonyl (C=O) groups excluding carboxylic acids is 2. The molecule has 0 aliphatic carbocycles. The van der Waals surface area contributed by atoms with Crippen LogP contribution in [0.5, 0.6) is 0 Å². The second-order valence-electron chi connectivity index (χ2n) is 17.2. The molecule has 2 aliphatic rings. The van der Waals surface area contributed by atoms with Crippen LogP contribution in [0.2, 0.25) is 0 Å². The van der Waals surface area contributed by atoms with Gasteiger partial charge in [-0.3, -0.25) is 9.59 Å². The van der Waals surface area contributed by atoms with Crippen molar-refractivity contribution in [3.63, 3.8) is 0 Å². The number of hydrogen-bond acceptors (Lipinski definition) is 13. The predicted molar refractivity (Wildman–Crippen MR) is 221 cm³/mol. The predicted octanol–water partition coefficient (Wildman–Crippen LogP) is 5.07. The molecule has 3 heterocycles. The lowest BCUT2D eigenvalue weighted by atomic mass is 9.73. The third kappa shape index (κ3) is 11.4. The number of esters is 2. The Hall–Kier alpha value is -3.57. The third-order valence-electron chi connectivity index (χ3n) is 12.4. The molecule has 0 bridgehead atoms. The lowest BCUT2D eigenvalue weighted by Crippen LogP contribution is -2.60. The molecule has 14 unspecified atom stereocenters. The second kappa shape index (κ2) is 20.3. The van der Waals surface area contributed by atoms with Crippen LogP contribution in [-0.4, -0.2) is 130 Å². The van der Waals surface area contributed by atoms with Gasteiger partial charge in [0.15, 0.2) is 6.29 Å². The van der Waals surface area contributed by atoms with Crippen molar-refractivity contribution in [3.8, 4) is 0 Å². The van der Waals surface area contributed by atoms with Gasteiger partial charge >= 0.3 is 11.9 Å². The summed E-state index contributed by atoms with van der Waals surface area (Å²) in [6.07, 6.45) is -5.03. The topological polar surface area (TPSA) is 185 Å². The molecule has 15 heteroatoms. The number of aliphatic hydroxyl groups is 3. The molecule has 0 radical (unpaired) electrons. The largest absolute Gasteiger partial charge is 0.461 e. The first kappa shape index (κ1) is 48.1. The number of nitrogens with one attached hydrogen (secondary N) is 1. The fourth-order valence-corrected chi connectivity index (χ4v) is 8.69. The van der Waals surface area contributed by atoms with Gasteiger partial charge in [0, 0.05) is 36.9 Å². The molecule has 14 nitrogen and oxygen atoms in total. The minimum atomic E-state index is -1.96. The molecule has 4 rings (SSSR count). The Bertz CT molecular complexity index is 1740. The van der Waals surface area contributed by atoms with Crippen molar-refractivity contribution in [2.45, 2.75) is 148 Å². The molecule has 2 aromatic rings. The average molecular weight is 831 g/mol. The van der Waals surface area contributed by atoms with E-state index in [4.69, 9.17) is 28.8 Å². The van der Waals surface area contributed by atoms with Crippen LogP contribution in [-0.2, 0) is 39.7 Å². The summed E-state index contributed by atoms with van der Waals surface area (Å²) in [5, 5.41) is 45.0. The monoisotopic (exact) mass is 830 g/mol. The van der Waals surface area contributed by atoms with Crippen LogP contribution in [0.1, 0.15) is 92.8 Å². The van der Waals surface area contributed by atoms with Crippen molar-refractivity contribution in [1.82, 2.24) is 9.88 Å². The number of halogens is 1. The molecule has 14 atom stereocenters. The van der Waals surface area contributed by atoms with Crippen molar-refractivity contribution in [2.24, 2.45) is 33.9 Å². The first-order valence-electron chi connectivity index (χ1n) is 20.7. The van der Waals surface area contributed by atoms with Crippen molar-refractivity contribution in [2.75, 3.05) is 21.2 Å². The molecular weight excluding hydrogens is 763 g/mol. The average Bonchev–Trinajstić information content (AvgIpc) is 3.74.